The Morgan fingerprint density at radius 2 is 2.20 bits per heavy atom. The molecule has 1 saturated heterocycles. The minimum absolute atomic E-state index is 0.292. The van der Waals surface area contributed by atoms with E-state index in [9.17, 15) is 0 Å². The SMILES string of the molecule is CC1(C)C(NCCCCO)C2CCOC21. The third-order valence-electron chi connectivity index (χ3n) is 4.05. The van der Waals surface area contributed by atoms with Gasteiger partial charge in [-0.2, -0.15) is 0 Å². The molecule has 2 rings (SSSR count). The van der Waals surface area contributed by atoms with E-state index in [1.807, 2.05) is 0 Å². The minimum Gasteiger partial charge on any atom is -0.396 e. The molecular formula is C12H23NO2. The molecule has 2 aliphatic rings. The van der Waals surface area contributed by atoms with Crippen LogP contribution in [-0.4, -0.2) is 37.0 Å². The van der Waals surface area contributed by atoms with E-state index in [1.54, 1.807) is 0 Å². The lowest BCUT2D eigenvalue weighted by atomic mass is 9.57. The van der Waals surface area contributed by atoms with Crippen molar-refractivity contribution in [3.8, 4) is 0 Å². The highest BCUT2D eigenvalue weighted by Crippen LogP contribution is 2.51. The zero-order valence-electron chi connectivity index (χ0n) is 9.83. The van der Waals surface area contributed by atoms with E-state index in [-0.39, 0.29) is 0 Å². The average molecular weight is 213 g/mol. The summed E-state index contributed by atoms with van der Waals surface area (Å²) in [5.74, 6) is 0.731. The lowest BCUT2D eigenvalue weighted by molar-refractivity contribution is -0.112. The maximum Gasteiger partial charge on any atom is 0.0685 e. The smallest absolute Gasteiger partial charge is 0.0685 e. The molecule has 2 fully saturated rings. The van der Waals surface area contributed by atoms with Crippen molar-refractivity contribution in [2.45, 2.75) is 45.3 Å². The van der Waals surface area contributed by atoms with Gasteiger partial charge in [-0.3, -0.25) is 0 Å². The van der Waals surface area contributed by atoms with Crippen LogP contribution in [0.3, 0.4) is 0 Å². The van der Waals surface area contributed by atoms with Crippen molar-refractivity contribution in [1.29, 1.82) is 0 Å². The van der Waals surface area contributed by atoms with Gasteiger partial charge in [0.1, 0.15) is 0 Å². The van der Waals surface area contributed by atoms with Crippen LogP contribution in [-0.2, 0) is 4.74 Å². The number of hydrogen-bond donors (Lipinski definition) is 2. The highest BCUT2D eigenvalue weighted by atomic mass is 16.5. The second-order valence-corrected chi connectivity index (χ2v) is 5.43. The molecule has 15 heavy (non-hydrogen) atoms. The van der Waals surface area contributed by atoms with Crippen molar-refractivity contribution < 1.29 is 9.84 Å². The van der Waals surface area contributed by atoms with Crippen LogP contribution >= 0.6 is 0 Å². The fourth-order valence-electron chi connectivity index (χ4n) is 3.23. The van der Waals surface area contributed by atoms with Crippen molar-refractivity contribution in [2.24, 2.45) is 11.3 Å². The van der Waals surface area contributed by atoms with E-state index in [0.29, 0.717) is 24.2 Å². The van der Waals surface area contributed by atoms with E-state index in [4.69, 9.17) is 9.84 Å². The molecule has 0 spiro atoms. The van der Waals surface area contributed by atoms with E-state index in [0.717, 1.165) is 31.9 Å². The van der Waals surface area contributed by atoms with Crippen LogP contribution in [0.1, 0.15) is 33.1 Å². The number of fused-ring (bicyclic) bond motifs is 1. The molecule has 3 unspecified atom stereocenters. The maximum absolute atomic E-state index is 8.71. The minimum atomic E-state index is 0.292. The number of unbranched alkanes of at least 4 members (excludes halogenated alkanes) is 1. The Morgan fingerprint density at radius 3 is 2.93 bits per heavy atom. The van der Waals surface area contributed by atoms with Crippen LogP contribution in [0, 0.1) is 11.3 Å². The van der Waals surface area contributed by atoms with Gasteiger partial charge in [0, 0.05) is 30.6 Å². The molecule has 0 aromatic heterocycles. The summed E-state index contributed by atoms with van der Waals surface area (Å²) in [5.41, 5.74) is 0.292. The molecule has 3 atom stereocenters. The van der Waals surface area contributed by atoms with Gasteiger partial charge in [-0.15, -0.1) is 0 Å². The summed E-state index contributed by atoms with van der Waals surface area (Å²) in [7, 11) is 0. The van der Waals surface area contributed by atoms with Crippen LogP contribution in [0.15, 0.2) is 0 Å². The topological polar surface area (TPSA) is 41.5 Å². The van der Waals surface area contributed by atoms with Gasteiger partial charge in [0.05, 0.1) is 6.10 Å². The molecule has 1 heterocycles. The van der Waals surface area contributed by atoms with Gasteiger partial charge in [0.25, 0.3) is 0 Å². The molecule has 3 nitrogen and oxygen atoms in total. The first-order valence-electron chi connectivity index (χ1n) is 6.14. The Balaban J connectivity index is 1.77. The first-order chi connectivity index (χ1) is 7.18. The van der Waals surface area contributed by atoms with E-state index in [1.165, 1.54) is 6.42 Å². The Labute approximate surface area is 92.2 Å². The first kappa shape index (κ1) is 11.4. The fraction of sp³-hybridized carbons (Fsp3) is 1.00. The summed E-state index contributed by atoms with van der Waals surface area (Å²) in [6.07, 6.45) is 3.67. The maximum atomic E-state index is 8.71. The summed E-state index contributed by atoms with van der Waals surface area (Å²) in [4.78, 5) is 0. The fourth-order valence-corrected chi connectivity index (χ4v) is 3.23. The van der Waals surface area contributed by atoms with Crippen molar-refractivity contribution in [2.75, 3.05) is 19.8 Å². The van der Waals surface area contributed by atoms with Gasteiger partial charge in [-0.25, -0.2) is 0 Å². The molecule has 0 radical (unpaired) electrons. The first-order valence-corrected chi connectivity index (χ1v) is 6.14. The zero-order chi connectivity index (χ0) is 10.9. The molecule has 0 aromatic carbocycles. The molecule has 0 bridgehead atoms. The van der Waals surface area contributed by atoms with Gasteiger partial charge in [-0.1, -0.05) is 13.8 Å². The Morgan fingerprint density at radius 1 is 1.40 bits per heavy atom. The summed E-state index contributed by atoms with van der Waals surface area (Å²) in [6.45, 7) is 6.86. The molecule has 0 aromatic rings. The number of rotatable bonds is 5. The standard InChI is InChI=1S/C12H23NO2/c1-12(2)10(13-6-3-4-7-14)9-5-8-15-11(9)12/h9-11,13-14H,3-8H2,1-2H3. The summed E-state index contributed by atoms with van der Waals surface area (Å²) >= 11 is 0. The van der Waals surface area contributed by atoms with Gasteiger partial charge in [0.2, 0.25) is 0 Å². The van der Waals surface area contributed by atoms with Crippen LogP contribution in [0.25, 0.3) is 0 Å². The molecule has 88 valence electrons. The van der Waals surface area contributed by atoms with Crippen molar-refractivity contribution in [1.82, 2.24) is 5.32 Å². The van der Waals surface area contributed by atoms with Crippen molar-refractivity contribution >= 4 is 0 Å². The van der Waals surface area contributed by atoms with Gasteiger partial charge < -0.3 is 15.2 Å². The third kappa shape index (κ3) is 1.93. The number of aliphatic hydroxyl groups excluding tert-OH is 1. The normalized spacial score (nSPS) is 37.4. The quantitative estimate of drug-likeness (QED) is 0.673. The predicted molar refractivity (Wildman–Crippen MR) is 59.7 cm³/mol. The zero-order valence-corrected chi connectivity index (χ0v) is 9.83. The highest BCUT2D eigenvalue weighted by Gasteiger charge is 2.58. The van der Waals surface area contributed by atoms with E-state index in [2.05, 4.69) is 19.2 Å². The summed E-state index contributed by atoms with van der Waals surface area (Å²) < 4.78 is 5.74. The monoisotopic (exact) mass is 213 g/mol. The van der Waals surface area contributed by atoms with Gasteiger partial charge in [0.15, 0.2) is 0 Å². The lowest BCUT2D eigenvalue weighted by Gasteiger charge is -2.55. The van der Waals surface area contributed by atoms with Gasteiger partial charge >= 0.3 is 0 Å². The second-order valence-electron chi connectivity index (χ2n) is 5.43. The third-order valence-corrected chi connectivity index (χ3v) is 4.05. The Kier molecular flexibility index (Phi) is 3.33. The summed E-state index contributed by atoms with van der Waals surface area (Å²) in [6, 6.07) is 0.615. The van der Waals surface area contributed by atoms with Crippen LogP contribution in [0.4, 0.5) is 0 Å². The molecular weight excluding hydrogens is 190 g/mol. The molecule has 1 aliphatic carbocycles. The molecule has 1 aliphatic heterocycles. The molecule has 0 amide bonds. The van der Waals surface area contributed by atoms with Crippen LogP contribution in [0.5, 0.6) is 0 Å². The largest absolute Gasteiger partial charge is 0.396 e. The molecule has 3 heteroatoms. The van der Waals surface area contributed by atoms with E-state index < -0.39 is 0 Å². The van der Waals surface area contributed by atoms with Gasteiger partial charge in [-0.05, 0) is 25.8 Å². The van der Waals surface area contributed by atoms with E-state index >= 15 is 0 Å². The number of aliphatic hydroxyl groups is 1. The predicted octanol–water partition coefficient (Wildman–Crippen LogP) is 1.16. The summed E-state index contributed by atoms with van der Waals surface area (Å²) in [5, 5.41) is 12.3. The highest BCUT2D eigenvalue weighted by molar-refractivity contribution is 5.11. The second kappa shape index (κ2) is 4.40. The Hall–Kier alpha value is -0.120. The number of nitrogens with one attached hydrogen (secondary N) is 1. The lowest BCUT2D eigenvalue weighted by Crippen LogP contribution is -2.65. The Bertz CT molecular complexity index is 218. The van der Waals surface area contributed by atoms with Crippen LogP contribution in [0.2, 0.25) is 0 Å². The van der Waals surface area contributed by atoms with Crippen molar-refractivity contribution in [3.63, 3.8) is 0 Å². The molecule has 1 saturated carbocycles. The number of hydrogen-bond acceptors (Lipinski definition) is 3. The van der Waals surface area contributed by atoms with Crippen LogP contribution < -0.4 is 5.32 Å². The van der Waals surface area contributed by atoms with Crippen molar-refractivity contribution in [3.05, 3.63) is 0 Å². The number of ether oxygens (including phenoxy) is 1. The average Bonchev–Trinajstić information content (AvgIpc) is 2.64. The molecule has 2 N–H and O–H groups in total.